The number of hydrogen-bond donors (Lipinski definition) is 0. The van der Waals surface area contributed by atoms with Gasteiger partial charge in [0.15, 0.2) is 11.6 Å². The lowest BCUT2D eigenvalue weighted by atomic mass is 9.99. The van der Waals surface area contributed by atoms with Gasteiger partial charge in [-0.25, -0.2) is 9.36 Å². The van der Waals surface area contributed by atoms with Crippen molar-refractivity contribution in [3.63, 3.8) is 0 Å². The molecule has 8 nitrogen and oxygen atoms in total. The van der Waals surface area contributed by atoms with Crippen LogP contribution in [0.4, 0.5) is 5.82 Å². The predicted octanol–water partition coefficient (Wildman–Crippen LogP) is 2.13. The Balaban J connectivity index is 1.34. The molecule has 0 aliphatic carbocycles. The zero-order valence-corrected chi connectivity index (χ0v) is 16.4. The average molecular weight is 387 g/mol. The molecule has 0 radical (unpaired) electrons. The molecule has 0 saturated carbocycles. The molecule has 146 valence electrons. The molecule has 0 amide bonds. The van der Waals surface area contributed by atoms with Crippen LogP contribution < -0.4 is 10.5 Å². The van der Waals surface area contributed by atoms with E-state index in [2.05, 4.69) is 31.4 Å². The zero-order valence-electron chi connectivity index (χ0n) is 16.4. The van der Waals surface area contributed by atoms with Crippen molar-refractivity contribution in [2.45, 2.75) is 20.4 Å². The molecule has 0 unspecified atom stereocenters. The Bertz CT molecular complexity index is 1250. The second-order valence-electron chi connectivity index (χ2n) is 7.58. The van der Waals surface area contributed by atoms with E-state index in [0.717, 1.165) is 41.1 Å². The first-order valence-electron chi connectivity index (χ1n) is 9.66. The highest BCUT2D eigenvalue weighted by Crippen LogP contribution is 2.29. The molecule has 0 N–H and O–H groups in total. The summed E-state index contributed by atoms with van der Waals surface area (Å²) in [7, 11) is 0. The number of aromatic nitrogens is 6. The number of benzene rings is 1. The third kappa shape index (κ3) is 3.16. The van der Waals surface area contributed by atoms with Gasteiger partial charge in [-0.05, 0) is 26.0 Å². The van der Waals surface area contributed by atoms with E-state index in [1.165, 1.54) is 0 Å². The van der Waals surface area contributed by atoms with E-state index in [0.29, 0.717) is 18.3 Å². The van der Waals surface area contributed by atoms with E-state index in [-0.39, 0.29) is 5.56 Å². The number of hydrogen-bond acceptors (Lipinski definition) is 6. The highest BCUT2D eigenvalue weighted by molar-refractivity contribution is 5.91. The molecule has 1 aromatic carbocycles. The van der Waals surface area contributed by atoms with Crippen LogP contribution in [-0.4, -0.2) is 42.8 Å². The maximum absolute atomic E-state index is 12.3. The summed E-state index contributed by atoms with van der Waals surface area (Å²) in [5, 5.41) is 19.6. The van der Waals surface area contributed by atoms with Gasteiger partial charge in [0.1, 0.15) is 0 Å². The highest BCUT2D eigenvalue weighted by atomic mass is 16.1. The standard InChI is InChI=1S/C21H21N7O/c1-14-9-15(2)28(24-14)19-7-8-20(29)27(25-19)13-16-11-26(12-16)21-18-6-4-3-5-17(18)10-22-23-21/h3-10,16H,11-13H2,1-2H3. The van der Waals surface area contributed by atoms with Crippen molar-refractivity contribution in [3.8, 4) is 5.82 Å². The first-order chi connectivity index (χ1) is 14.1. The molecule has 3 aromatic heterocycles. The Morgan fingerprint density at radius 2 is 1.90 bits per heavy atom. The zero-order chi connectivity index (χ0) is 20.0. The van der Waals surface area contributed by atoms with Crippen molar-refractivity contribution in [2.24, 2.45) is 5.92 Å². The van der Waals surface area contributed by atoms with E-state index >= 15 is 0 Å². The van der Waals surface area contributed by atoms with E-state index in [1.54, 1.807) is 27.7 Å². The average Bonchev–Trinajstić information content (AvgIpc) is 3.03. The summed E-state index contributed by atoms with van der Waals surface area (Å²) < 4.78 is 3.31. The summed E-state index contributed by atoms with van der Waals surface area (Å²) >= 11 is 0. The largest absolute Gasteiger partial charge is 0.354 e. The van der Waals surface area contributed by atoms with Gasteiger partial charge in [0.05, 0.1) is 18.4 Å². The molecule has 4 heterocycles. The fraction of sp³-hybridized carbons (Fsp3) is 0.286. The molecular formula is C21H21N7O. The summed E-state index contributed by atoms with van der Waals surface area (Å²) in [4.78, 5) is 14.5. The lowest BCUT2D eigenvalue weighted by Gasteiger charge is -2.40. The number of rotatable bonds is 4. The van der Waals surface area contributed by atoms with Crippen LogP contribution in [0, 0.1) is 19.8 Å². The highest BCUT2D eigenvalue weighted by Gasteiger charge is 2.30. The summed E-state index contributed by atoms with van der Waals surface area (Å²) in [5.74, 6) is 1.89. The van der Waals surface area contributed by atoms with E-state index in [4.69, 9.17) is 0 Å². The molecule has 0 bridgehead atoms. The van der Waals surface area contributed by atoms with Crippen molar-refractivity contribution < 1.29 is 0 Å². The Hall–Kier alpha value is -3.55. The second-order valence-corrected chi connectivity index (χ2v) is 7.58. The molecule has 8 heteroatoms. The maximum atomic E-state index is 12.3. The minimum atomic E-state index is -0.0984. The van der Waals surface area contributed by atoms with Crippen molar-refractivity contribution in [1.82, 2.24) is 29.8 Å². The molecule has 5 rings (SSSR count). The van der Waals surface area contributed by atoms with Gasteiger partial charge in [-0.15, -0.1) is 10.2 Å². The van der Waals surface area contributed by atoms with E-state index in [9.17, 15) is 4.79 Å². The quantitative estimate of drug-likeness (QED) is 0.534. The van der Waals surface area contributed by atoms with Crippen LogP contribution in [0.2, 0.25) is 0 Å². The van der Waals surface area contributed by atoms with Gasteiger partial charge < -0.3 is 4.90 Å². The van der Waals surface area contributed by atoms with Crippen LogP contribution >= 0.6 is 0 Å². The number of aryl methyl sites for hydroxylation is 2. The summed E-state index contributed by atoms with van der Waals surface area (Å²) in [6.07, 6.45) is 1.78. The van der Waals surface area contributed by atoms with Crippen LogP contribution in [-0.2, 0) is 6.54 Å². The van der Waals surface area contributed by atoms with Crippen molar-refractivity contribution in [2.75, 3.05) is 18.0 Å². The molecule has 1 saturated heterocycles. The summed E-state index contributed by atoms with van der Waals surface area (Å²) in [6.45, 7) is 6.13. The number of fused-ring (bicyclic) bond motifs is 1. The van der Waals surface area contributed by atoms with Gasteiger partial charge in [-0.2, -0.15) is 10.2 Å². The SMILES string of the molecule is Cc1cc(C)n(-c2ccc(=O)n(CC3CN(c4nncc5ccccc45)C3)n2)n1. The van der Waals surface area contributed by atoms with Gasteiger partial charge >= 0.3 is 0 Å². The first kappa shape index (κ1) is 17.5. The van der Waals surface area contributed by atoms with Crippen LogP contribution in [0.1, 0.15) is 11.4 Å². The smallest absolute Gasteiger partial charge is 0.266 e. The minimum absolute atomic E-state index is 0.0984. The van der Waals surface area contributed by atoms with Crippen LogP contribution in [0.5, 0.6) is 0 Å². The third-order valence-corrected chi connectivity index (χ3v) is 5.32. The predicted molar refractivity (Wildman–Crippen MR) is 110 cm³/mol. The Labute approximate surface area is 167 Å². The van der Waals surface area contributed by atoms with Gasteiger partial charge in [0.25, 0.3) is 5.56 Å². The number of nitrogens with zero attached hydrogens (tertiary/aromatic N) is 7. The minimum Gasteiger partial charge on any atom is -0.354 e. The fourth-order valence-electron chi connectivity index (χ4n) is 3.89. The number of anilines is 1. The lowest BCUT2D eigenvalue weighted by Crippen LogP contribution is -2.50. The lowest BCUT2D eigenvalue weighted by molar-refractivity contribution is 0.332. The molecule has 1 aliphatic rings. The monoisotopic (exact) mass is 387 g/mol. The van der Waals surface area contributed by atoms with Crippen molar-refractivity contribution in [1.29, 1.82) is 0 Å². The van der Waals surface area contributed by atoms with E-state index in [1.807, 2.05) is 38.1 Å². The van der Waals surface area contributed by atoms with E-state index < -0.39 is 0 Å². The van der Waals surface area contributed by atoms with Crippen LogP contribution in [0.15, 0.2) is 53.5 Å². The van der Waals surface area contributed by atoms with Crippen LogP contribution in [0.3, 0.4) is 0 Å². The van der Waals surface area contributed by atoms with Gasteiger partial charge in [-0.1, -0.05) is 24.3 Å². The molecule has 29 heavy (non-hydrogen) atoms. The normalized spacial score (nSPS) is 14.3. The Morgan fingerprint density at radius 1 is 1.07 bits per heavy atom. The van der Waals surface area contributed by atoms with Crippen molar-refractivity contribution in [3.05, 3.63) is 70.4 Å². The molecule has 1 aliphatic heterocycles. The molecular weight excluding hydrogens is 366 g/mol. The van der Waals surface area contributed by atoms with Gasteiger partial charge in [0.2, 0.25) is 0 Å². The molecule has 0 atom stereocenters. The Kier molecular flexibility index (Phi) is 4.12. The summed E-state index contributed by atoms with van der Waals surface area (Å²) in [6, 6.07) is 13.4. The summed E-state index contributed by atoms with van der Waals surface area (Å²) in [5.41, 5.74) is 1.82. The van der Waals surface area contributed by atoms with Gasteiger partial charge in [0, 0.05) is 41.5 Å². The third-order valence-electron chi connectivity index (χ3n) is 5.32. The fourth-order valence-corrected chi connectivity index (χ4v) is 3.89. The van der Waals surface area contributed by atoms with Gasteiger partial charge in [-0.3, -0.25) is 4.79 Å². The topological polar surface area (TPSA) is 81.7 Å². The van der Waals surface area contributed by atoms with Crippen molar-refractivity contribution >= 4 is 16.6 Å². The molecule has 4 aromatic rings. The second kappa shape index (κ2) is 6.80. The Morgan fingerprint density at radius 3 is 2.69 bits per heavy atom. The maximum Gasteiger partial charge on any atom is 0.266 e. The molecule has 0 spiro atoms. The van der Waals surface area contributed by atoms with Crippen LogP contribution in [0.25, 0.3) is 16.6 Å². The molecule has 1 fully saturated rings. The first-order valence-corrected chi connectivity index (χ1v) is 9.66.